The van der Waals surface area contributed by atoms with E-state index in [-0.39, 0.29) is 0 Å². The van der Waals surface area contributed by atoms with E-state index in [1.54, 1.807) is 16.7 Å². The highest BCUT2D eigenvalue weighted by molar-refractivity contribution is 5.93. The number of aryl methyl sites for hydroxylation is 3. The Labute approximate surface area is 793 Å². The van der Waals surface area contributed by atoms with E-state index in [9.17, 15) is 0 Å². The molecule has 135 heavy (non-hydrogen) atoms. The second-order valence-corrected chi connectivity index (χ2v) is 37.2. The van der Waals surface area contributed by atoms with Crippen LogP contribution in [-0.2, 0) is 38.5 Å². The Morgan fingerprint density at radius 1 is 0.178 bits per heavy atom. The maximum absolute atomic E-state index is 5.15. The van der Waals surface area contributed by atoms with Gasteiger partial charge in [-0.25, -0.2) is 24.9 Å². The van der Waals surface area contributed by atoms with E-state index in [2.05, 4.69) is 359 Å². The number of hydrogen-bond acceptors (Lipinski definition) is 5. The van der Waals surface area contributed by atoms with Crippen molar-refractivity contribution in [3.63, 3.8) is 0 Å². The molecule has 0 aliphatic heterocycles. The SMILES string of the molecule is c1ccc(-c2cc(-c3ccc(-n4c5c(c6cc(C7CCCCC7)ccc64)CCCCCC5)cc3)nc(-c3ccccc3)n2)cc1.c1ccc(-c2ccc(-c3cc(-c4ccc(-n5c6c(c7ccccc75)CCCCCC6)cc4)cc(-c4ccccc4)n3)cc2)cc1.c1ccc(-c2ccc3c(c2)c2c(n3-c3ccc(-c4cc(-c5ccccc5)nc(-c5ccccc5)n4)cc3)CCCCCC2)cc1. The van der Waals surface area contributed by atoms with Crippen molar-refractivity contribution in [1.29, 1.82) is 0 Å². The van der Waals surface area contributed by atoms with Gasteiger partial charge in [0.1, 0.15) is 0 Å². The molecule has 6 aromatic heterocycles. The first-order valence-corrected chi connectivity index (χ1v) is 49.5. The second kappa shape index (κ2) is 39.8. The molecular weight excluding hydrogens is 1640 g/mol. The summed E-state index contributed by atoms with van der Waals surface area (Å²) in [7, 11) is 0. The van der Waals surface area contributed by atoms with Crippen molar-refractivity contribution in [3.05, 3.63) is 434 Å². The topological polar surface area (TPSA) is 79.2 Å². The van der Waals surface area contributed by atoms with E-state index in [1.165, 1.54) is 228 Å². The van der Waals surface area contributed by atoms with Gasteiger partial charge in [0.15, 0.2) is 11.6 Å². The van der Waals surface area contributed by atoms with Crippen LogP contribution in [0.5, 0.6) is 0 Å². The molecule has 0 bridgehead atoms. The highest BCUT2D eigenvalue weighted by Crippen LogP contribution is 2.44. The van der Waals surface area contributed by atoms with Crippen molar-refractivity contribution in [2.24, 2.45) is 0 Å². The van der Waals surface area contributed by atoms with Gasteiger partial charge in [0.25, 0.3) is 0 Å². The smallest absolute Gasteiger partial charge is 0.160 e. The standard InChI is InChI=1S/C43H36N2.C42H41N3.C42H35N3/c1-2-10-19-42-38(17-9-1)39-18-11-12-20-43(39)45(42)37-27-25-33(26-28-37)36-29-40(34-15-7-4-8-16-34)44-41(30-36)35-23-21-32(22-24-35)31-13-5-3-6-14-31;2*1-2-13-21-40-36(20-12-1)37-28-34(30-14-6-3-7-15-30)24-27-41(37)45(40)35-25-22-32(23-26-35)39-29-38(31-16-8-4-9-17-31)43-42(44-39)33-18-10-5-11-19-33/h3-8,11-16,18,20-30H,1-2,9-10,17,19H2;4-5,8-11,16-19,22-30H,1-3,6-7,12-15,20-21H2;3-11,14-19,22-29H,1-2,12-13,20-21H2. The fraction of sp³-hybridized carbons (Fsp3) is 0.189. The summed E-state index contributed by atoms with van der Waals surface area (Å²) in [5, 5.41) is 4.31. The first-order valence-electron chi connectivity index (χ1n) is 49.5. The number of aromatic nitrogens is 8. The van der Waals surface area contributed by atoms with Crippen molar-refractivity contribution in [1.82, 2.24) is 38.6 Å². The van der Waals surface area contributed by atoms with Crippen molar-refractivity contribution < 1.29 is 0 Å². The van der Waals surface area contributed by atoms with Crippen molar-refractivity contribution in [2.75, 3.05) is 0 Å². The van der Waals surface area contributed by atoms with Crippen LogP contribution in [0.15, 0.2) is 394 Å². The number of fused-ring (bicyclic) bond motifs is 9. The lowest BCUT2D eigenvalue weighted by Gasteiger charge is -2.22. The molecule has 20 aromatic rings. The molecule has 660 valence electrons. The van der Waals surface area contributed by atoms with Crippen molar-refractivity contribution in [2.45, 2.75) is 154 Å². The quantitative estimate of drug-likeness (QED) is 0.102. The van der Waals surface area contributed by atoms with E-state index in [0.717, 1.165) is 122 Å². The highest BCUT2D eigenvalue weighted by atomic mass is 15.0. The third kappa shape index (κ3) is 18.5. The maximum Gasteiger partial charge on any atom is 0.160 e. The minimum Gasteiger partial charge on any atom is -0.313 e. The number of rotatable bonds is 15. The molecule has 4 aliphatic carbocycles. The zero-order valence-corrected chi connectivity index (χ0v) is 76.9. The van der Waals surface area contributed by atoms with Crippen LogP contribution in [0.25, 0.3) is 173 Å². The molecule has 1 saturated carbocycles. The summed E-state index contributed by atoms with van der Waals surface area (Å²) in [6.07, 6.45) is 29.3. The van der Waals surface area contributed by atoms with Crippen LogP contribution in [0, 0.1) is 0 Å². The van der Waals surface area contributed by atoms with Gasteiger partial charge in [-0.3, -0.25) is 0 Å². The van der Waals surface area contributed by atoms with E-state index in [0.29, 0.717) is 0 Å². The fourth-order valence-corrected chi connectivity index (χ4v) is 21.6. The van der Waals surface area contributed by atoms with Gasteiger partial charge < -0.3 is 13.7 Å². The number of hydrogen-bond donors (Lipinski definition) is 0. The highest BCUT2D eigenvalue weighted by Gasteiger charge is 2.27. The van der Waals surface area contributed by atoms with Crippen LogP contribution in [0.1, 0.15) is 154 Å². The first-order chi connectivity index (χ1) is 66.9. The summed E-state index contributed by atoms with van der Waals surface area (Å²) in [5.41, 5.74) is 40.1. The summed E-state index contributed by atoms with van der Waals surface area (Å²) in [4.78, 5) is 25.2. The Bertz CT molecular complexity index is 7370. The summed E-state index contributed by atoms with van der Waals surface area (Å²) < 4.78 is 7.63. The van der Waals surface area contributed by atoms with Gasteiger partial charge in [-0.2, -0.15) is 0 Å². The molecule has 0 unspecified atom stereocenters. The van der Waals surface area contributed by atoms with Gasteiger partial charge in [0.2, 0.25) is 0 Å². The van der Waals surface area contributed by atoms with Crippen LogP contribution in [0.3, 0.4) is 0 Å². The van der Waals surface area contributed by atoms with Crippen LogP contribution in [0.4, 0.5) is 0 Å². The zero-order valence-electron chi connectivity index (χ0n) is 76.9. The van der Waals surface area contributed by atoms with Gasteiger partial charge in [-0.1, -0.05) is 361 Å². The van der Waals surface area contributed by atoms with E-state index >= 15 is 0 Å². The summed E-state index contributed by atoms with van der Waals surface area (Å²) in [6, 6.07) is 141. The van der Waals surface area contributed by atoms with Crippen LogP contribution >= 0.6 is 0 Å². The van der Waals surface area contributed by atoms with Gasteiger partial charge in [-0.15, -0.1) is 0 Å². The molecule has 0 radical (unpaired) electrons. The lowest BCUT2D eigenvalue weighted by molar-refractivity contribution is 0.444. The molecular formula is C127H112N8. The Morgan fingerprint density at radius 2 is 0.452 bits per heavy atom. The van der Waals surface area contributed by atoms with E-state index in [4.69, 9.17) is 24.9 Å². The Morgan fingerprint density at radius 3 is 0.867 bits per heavy atom. The molecule has 6 heterocycles. The number of benzene rings is 14. The predicted molar refractivity (Wildman–Crippen MR) is 562 cm³/mol. The van der Waals surface area contributed by atoms with Gasteiger partial charge in [0.05, 0.1) is 50.7 Å². The second-order valence-electron chi connectivity index (χ2n) is 37.2. The average Bonchev–Trinajstić information content (AvgIpc) is 1.61. The van der Waals surface area contributed by atoms with Crippen molar-refractivity contribution >= 4 is 32.7 Å². The molecule has 14 aromatic carbocycles. The lowest BCUT2D eigenvalue weighted by atomic mass is 9.83. The zero-order chi connectivity index (χ0) is 90.0. The van der Waals surface area contributed by atoms with E-state index < -0.39 is 0 Å². The van der Waals surface area contributed by atoms with Gasteiger partial charge >= 0.3 is 0 Å². The lowest BCUT2D eigenvalue weighted by Crippen LogP contribution is -2.05. The molecule has 0 saturated heterocycles. The number of pyridine rings is 1. The maximum atomic E-state index is 5.15. The monoisotopic (exact) mass is 1750 g/mol. The third-order valence-corrected chi connectivity index (χ3v) is 28.6. The van der Waals surface area contributed by atoms with E-state index in [1.807, 2.05) is 48.5 Å². The molecule has 1 fully saturated rings. The van der Waals surface area contributed by atoms with Crippen LogP contribution in [0.2, 0.25) is 0 Å². The molecule has 0 atom stereocenters. The number of nitrogens with zero attached hydrogens (tertiary/aromatic N) is 8. The minimum atomic E-state index is 0.726. The summed E-state index contributed by atoms with van der Waals surface area (Å²) >= 11 is 0. The average molecular weight is 1750 g/mol. The molecule has 8 heteroatoms. The molecule has 4 aliphatic rings. The Balaban J connectivity index is 0.000000118. The number of para-hydroxylation sites is 1. The predicted octanol–water partition coefficient (Wildman–Crippen LogP) is 33.2. The van der Waals surface area contributed by atoms with Crippen LogP contribution in [-0.4, -0.2) is 38.6 Å². The third-order valence-electron chi connectivity index (χ3n) is 28.6. The largest absolute Gasteiger partial charge is 0.313 e. The first kappa shape index (κ1) is 85.5. The Kier molecular flexibility index (Phi) is 25.2. The summed E-state index contributed by atoms with van der Waals surface area (Å²) in [5.74, 6) is 2.22. The van der Waals surface area contributed by atoms with Crippen molar-refractivity contribution in [3.8, 4) is 141 Å². The van der Waals surface area contributed by atoms with Gasteiger partial charge in [0, 0.05) is 94.8 Å². The van der Waals surface area contributed by atoms with Gasteiger partial charge in [-0.05, 0) is 242 Å². The van der Waals surface area contributed by atoms with Crippen LogP contribution < -0.4 is 0 Å². The molecule has 0 spiro atoms. The molecule has 0 N–H and O–H groups in total. The minimum absolute atomic E-state index is 0.726. The fourth-order valence-electron chi connectivity index (χ4n) is 21.6. The molecule has 8 nitrogen and oxygen atoms in total. The molecule has 24 rings (SSSR count). The Hall–Kier alpha value is -15.0. The normalized spacial score (nSPS) is 14.1. The summed E-state index contributed by atoms with van der Waals surface area (Å²) in [6.45, 7) is 0. The molecule has 0 amide bonds.